The molecule has 0 radical (unpaired) electrons. The Bertz CT molecular complexity index is 149. The molecule has 1 aliphatic carbocycles. The third-order valence-corrected chi connectivity index (χ3v) is 4.12. The van der Waals surface area contributed by atoms with Crippen LogP contribution in [0.1, 0.15) is 60.3 Å². The fourth-order valence-electron chi connectivity index (χ4n) is 2.65. The zero-order chi connectivity index (χ0) is 10.1. The predicted molar refractivity (Wildman–Crippen MR) is 59.7 cm³/mol. The van der Waals surface area contributed by atoms with Crippen molar-refractivity contribution in [1.82, 2.24) is 0 Å². The molecule has 0 heterocycles. The maximum Gasteiger partial charge on any atom is -0.0354 e. The molecule has 0 saturated heterocycles. The van der Waals surface area contributed by atoms with Gasteiger partial charge in [0.25, 0.3) is 0 Å². The van der Waals surface area contributed by atoms with Crippen LogP contribution in [0, 0.1) is 23.2 Å². The maximum absolute atomic E-state index is 2.42. The van der Waals surface area contributed by atoms with E-state index in [-0.39, 0.29) is 0 Å². The fourth-order valence-corrected chi connectivity index (χ4v) is 2.65. The lowest BCUT2D eigenvalue weighted by Crippen LogP contribution is -2.11. The van der Waals surface area contributed by atoms with Crippen molar-refractivity contribution in [2.75, 3.05) is 0 Å². The molecule has 0 heteroatoms. The molecule has 0 bridgehead atoms. The van der Waals surface area contributed by atoms with Crippen molar-refractivity contribution < 1.29 is 0 Å². The lowest BCUT2D eigenvalue weighted by Gasteiger charge is -2.23. The molecule has 0 N–H and O–H groups in total. The molecule has 78 valence electrons. The van der Waals surface area contributed by atoms with Crippen molar-refractivity contribution in [3.8, 4) is 0 Å². The zero-order valence-corrected chi connectivity index (χ0v) is 10.1. The molecule has 1 saturated carbocycles. The molecule has 0 aromatic carbocycles. The molecule has 0 nitrogen and oxygen atoms in total. The Hall–Kier alpha value is 0. The van der Waals surface area contributed by atoms with Crippen LogP contribution in [-0.4, -0.2) is 0 Å². The summed E-state index contributed by atoms with van der Waals surface area (Å²) in [4.78, 5) is 0. The van der Waals surface area contributed by atoms with Gasteiger partial charge in [-0.05, 0) is 42.4 Å². The van der Waals surface area contributed by atoms with Gasteiger partial charge in [0.2, 0.25) is 0 Å². The first-order chi connectivity index (χ1) is 5.98. The molecule has 0 spiro atoms. The van der Waals surface area contributed by atoms with Crippen molar-refractivity contribution in [3.63, 3.8) is 0 Å². The molecular formula is C13H26. The third-order valence-electron chi connectivity index (χ3n) is 4.12. The molecule has 2 unspecified atom stereocenters. The standard InChI is InChI=1S/C13H26/c1-6-8-13(4,5)9-7-12-10(2)11(12)3/h10-12H,6-9H2,1-5H3. The molecule has 1 fully saturated rings. The second kappa shape index (κ2) is 4.02. The van der Waals surface area contributed by atoms with Crippen molar-refractivity contribution in [1.29, 1.82) is 0 Å². The van der Waals surface area contributed by atoms with E-state index in [1.165, 1.54) is 25.7 Å². The van der Waals surface area contributed by atoms with E-state index in [1.54, 1.807) is 0 Å². The number of rotatable bonds is 5. The van der Waals surface area contributed by atoms with E-state index < -0.39 is 0 Å². The van der Waals surface area contributed by atoms with Crippen LogP contribution < -0.4 is 0 Å². The predicted octanol–water partition coefficient (Wildman–Crippen LogP) is 4.49. The highest BCUT2D eigenvalue weighted by Gasteiger charge is 2.42. The first-order valence-electron chi connectivity index (χ1n) is 5.98. The van der Waals surface area contributed by atoms with Crippen LogP contribution in [0.3, 0.4) is 0 Å². The van der Waals surface area contributed by atoms with E-state index >= 15 is 0 Å². The summed E-state index contributed by atoms with van der Waals surface area (Å²) in [6.07, 6.45) is 5.63. The van der Waals surface area contributed by atoms with Crippen LogP contribution >= 0.6 is 0 Å². The molecular weight excluding hydrogens is 156 g/mol. The fraction of sp³-hybridized carbons (Fsp3) is 1.00. The van der Waals surface area contributed by atoms with E-state index in [9.17, 15) is 0 Å². The van der Waals surface area contributed by atoms with Gasteiger partial charge >= 0.3 is 0 Å². The number of hydrogen-bond donors (Lipinski definition) is 0. The zero-order valence-electron chi connectivity index (χ0n) is 10.1. The van der Waals surface area contributed by atoms with Crippen molar-refractivity contribution in [3.05, 3.63) is 0 Å². The average Bonchev–Trinajstić information content (AvgIpc) is 2.57. The van der Waals surface area contributed by atoms with E-state index in [0.717, 1.165) is 17.8 Å². The lowest BCUT2D eigenvalue weighted by atomic mass is 9.82. The lowest BCUT2D eigenvalue weighted by molar-refractivity contribution is 0.286. The minimum absolute atomic E-state index is 0.594. The summed E-state index contributed by atoms with van der Waals surface area (Å²) in [6, 6.07) is 0. The largest absolute Gasteiger partial charge is 0.0654 e. The highest BCUT2D eigenvalue weighted by Crippen LogP contribution is 2.49. The van der Waals surface area contributed by atoms with Gasteiger partial charge in [0.15, 0.2) is 0 Å². The summed E-state index contributed by atoms with van der Waals surface area (Å²) in [5.41, 5.74) is 0.594. The van der Waals surface area contributed by atoms with Gasteiger partial charge in [0.05, 0.1) is 0 Å². The normalized spacial score (nSPS) is 33.5. The van der Waals surface area contributed by atoms with Gasteiger partial charge in [-0.1, -0.05) is 41.0 Å². The van der Waals surface area contributed by atoms with E-state index in [1.807, 2.05) is 0 Å². The van der Waals surface area contributed by atoms with Crippen LogP contribution in [0.15, 0.2) is 0 Å². The second-order valence-corrected chi connectivity index (χ2v) is 5.83. The summed E-state index contributed by atoms with van der Waals surface area (Å²) in [6.45, 7) is 12.0. The van der Waals surface area contributed by atoms with Gasteiger partial charge in [-0.2, -0.15) is 0 Å². The monoisotopic (exact) mass is 182 g/mol. The molecule has 1 rings (SSSR count). The van der Waals surface area contributed by atoms with E-state index in [4.69, 9.17) is 0 Å². The Morgan fingerprint density at radius 3 is 1.92 bits per heavy atom. The molecule has 0 aliphatic heterocycles. The molecule has 0 aromatic heterocycles. The average molecular weight is 182 g/mol. The van der Waals surface area contributed by atoms with Gasteiger partial charge in [0, 0.05) is 0 Å². The first-order valence-corrected chi connectivity index (χ1v) is 5.98. The Kier molecular flexibility index (Phi) is 3.43. The van der Waals surface area contributed by atoms with Crippen LogP contribution in [0.5, 0.6) is 0 Å². The van der Waals surface area contributed by atoms with Gasteiger partial charge in [-0.15, -0.1) is 0 Å². The highest BCUT2D eigenvalue weighted by atomic mass is 14.5. The van der Waals surface area contributed by atoms with Crippen LogP contribution in [-0.2, 0) is 0 Å². The molecule has 0 aromatic rings. The molecule has 0 amide bonds. The SMILES string of the molecule is CCCC(C)(C)CCC1C(C)C1C. The summed E-state index contributed by atoms with van der Waals surface area (Å²) < 4.78 is 0. The number of hydrogen-bond acceptors (Lipinski definition) is 0. The Balaban J connectivity index is 2.18. The van der Waals surface area contributed by atoms with Crippen LogP contribution in [0.25, 0.3) is 0 Å². The minimum atomic E-state index is 0.594. The third kappa shape index (κ3) is 3.00. The smallest absolute Gasteiger partial charge is 0.0354 e. The second-order valence-electron chi connectivity index (χ2n) is 5.83. The van der Waals surface area contributed by atoms with Gasteiger partial charge in [-0.25, -0.2) is 0 Å². The Labute approximate surface area is 84.1 Å². The van der Waals surface area contributed by atoms with E-state index in [0.29, 0.717) is 5.41 Å². The first kappa shape index (κ1) is 11.1. The Morgan fingerprint density at radius 2 is 1.54 bits per heavy atom. The molecule has 2 atom stereocenters. The summed E-state index contributed by atoms with van der Waals surface area (Å²) in [7, 11) is 0. The van der Waals surface area contributed by atoms with Crippen molar-refractivity contribution in [2.24, 2.45) is 23.2 Å². The molecule has 13 heavy (non-hydrogen) atoms. The van der Waals surface area contributed by atoms with Crippen LogP contribution in [0.4, 0.5) is 0 Å². The van der Waals surface area contributed by atoms with Gasteiger partial charge < -0.3 is 0 Å². The van der Waals surface area contributed by atoms with Crippen molar-refractivity contribution >= 4 is 0 Å². The molecule has 1 aliphatic rings. The van der Waals surface area contributed by atoms with Crippen molar-refractivity contribution in [2.45, 2.75) is 60.3 Å². The summed E-state index contributed by atoms with van der Waals surface area (Å²) >= 11 is 0. The summed E-state index contributed by atoms with van der Waals surface area (Å²) in [5, 5.41) is 0. The minimum Gasteiger partial charge on any atom is -0.0654 e. The highest BCUT2D eigenvalue weighted by molar-refractivity contribution is 4.91. The van der Waals surface area contributed by atoms with Crippen LogP contribution in [0.2, 0.25) is 0 Å². The topological polar surface area (TPSA) is 0 Å². The van der Waals surface area contributed by atoms with Gasteiger partial charge in [-0.3, -0.25) is 0 Å². The Morgan fingerprint density at radius 1 is 1.00 bits per heavy atom. The summed E-state index contributed by atoms with van der Waals surface area (Å²) in [5.74, 6) is 3.07. The van der Waals surface area contributed by atoms with Gasteiger partial charge in [0.1, 0.15) is 0 Å². The maximum atomic E-state index is 2.42. The van der Waals surface area contributed by atoms with E-state index in [2.05, 4.69) is 34.6 Å². The quantitative estimate of drug-likeness (QED) is 0.587.